The fourth-order valence-corrected chi connectivity index (χ4v) is 9.16. The maximum Gasteiger partial charge on any atom is -1.00 e. The molecule has 0 aliphatic carbocycles. The van der Waals surface area contributed by atoms with Crippen molar-refractivity contribution in [1.82, 2.24) is 0 Å². The molecular formula is C26H31IN2OSe2. The first kappa shape index (κ1) is 25.6. The second kappa shape index (κ2) is 10.9. The molecule has 2 aromatic carbocycles. The predicted octanol–water partition coefficient (Wildman–Crippen LogP) is 1.34. The van der Waals surface area contributed by atoms with E-state index < -0.39 is 0 Å². The van der Waals surface area contributed by atoms with Gasteiger partial charge in [-0.15, -0.1) is 0 Å². The molecule has 170 valence electrons. The number of allylic oxidation sites excluding steroid dienone is 2. The standard InChI is InChI=1S/C26H31N2OSe2.HI/c1-7-19(14-25-28(9-3)22-16-20(29-6)10-11-23(22)30-25)15-26-27(8-2)21-12-17(4)18(5)13-24(21)31-26;/h10-16H,7-9H2,1-6H3;1H/q+1;/p-1. The molecular weight excluding hydrogens is 641 g/mol. The van der Waals surface area contributed by atoms with Gasteiger partial charge < -0.3 is 24.0 Å². The Kier molecular flexibility index (Phi) is 8.73. The molecule has 0 saturated heterocycles. The molecule has 6 heteroatoms. The van der Waals surface area contributed by atoms with E-state index in [-0.39, 0.29) is 24.0 Å². The molecule has 0 amide bonds. The monoisotopic (exact) mass is 674 g/mol. The summed E-state index contributed by atoms with van der Waals surface area (Å²) in [6, 6.07) is 11.3. The number of aromatic nitrogens is 1. The van der Waals surface area contributed by atoms with Crippen LogP contribution >= 0.6 is 0 Å². The van der Waals surface area contributed by atoms with Gasteiger partial charge in [0.05, 0.1) is 0 Å². The third kappa shape index (κ3) is 4.90. The minimum Gasteiger partial charge on any atom is -1.00 e. The zero-order valence-corrected chi connectivity index (χ0v) is 25.2. The Balaban J connectivity index is 0.00000289. The first-order valence-corrected chi connectivity index (χ1v) is 14.4. The van der Waals surface area contributed by atoms with E-state index in [1.165, 1.54) is 45.8 Å². The summed E-state index contributed by atoms with van der Waals surface area (Å²) < 4.78 is 13.9. The summed E-state index contributed by atoms with van der Waals surface area (Å²) in [6.07, 6.45) is 5.96. The number of methoxy groups -OCH3 is 1. The van der Waals surface area contributed by atoms with Gasteiger partial charge in [0.25, 0.3) is 0 Å². The first-order chi connectivity index (χ1) is 15.0. The molecule has 1 aliphatic rings. The summed E-state index contributed by atoms with van der Waals surface area (Å²) in [5.74, 6) is 0.937. The number of nitrogens with zero attached hydrogens (tertiary/aromatic N) is 2. The third-order valence-corrected chi connectivity index (χ3v) is 10.6. The number of ether oxygens (including phenoxy) is 1. The quantitative estimate of drug-likeness (QED) is 0.224. The van der Waals surface area contributed by atoms with Crippen LogP contribution in [0.5, 0.6) is 5.75 Å². The molecule has 1 aromatic heterocycles. The van der Waals surface area contributed by atoms with Crippen LogP contribution in [0.1, 0.15) is 42.9 Å². The van der Waals surface area contributed by atoms with Gasteiger partial charge in [-0.2, -0.15) is 0 Å². The average Bonchev–Trinajstić information content (AvgIpc) is 3.28. The molecule has 0 N–H and O–H groups in total. The van der Waals surface area contributed by atoms with Crippen molar-refractivity contribution in [3.63, 3.8) is 0 Å². The summed E-state index contributed by atoms with van der Waals surface area (Å²) in [4.78, 5) is 2.46. The number of hydrogen-bond donors (Lipinski definition) is 0. The van der Waals surface area contributed by atoms with Crippen LogP contribution in [0.25, 0.3) is 15.9 Å². The molecule has 0 atom stereocenters. The van der Waals surface area contributed by atoms with Crippen molar-refractivity contribution in [3.05, 3.63) is 62.3 Å². The SMILES string of the molecule is CCC(/C=C1\[Se]c2ccc(OC)cc2N1CC)=C\c1[se]c2cc(C)c(C)cc2[n+]1CC.[I-]. The summed E-state index contributed by atoms with van der Waals surface area (Å²) >= 11 is 0.698. The summed E-state index contributed by atoms with van der Waals surface area (Å²) in [6.45, 7) is 13.2. The van der Waals surface area contributed by atoms with Gasteiger partial charge in [0, 0.05) is 0 Å². The molecule has 0 bridgehead atoms. The van der Waals surface area contributed by atoms with Crippen LogP contribution < -0.4 is 42.6 Å². The van der Waals surface area contributed by atoms with Crippen LogP contribution in [-0.2, 0) is 6.54 Å². The molecule has 0 unspecified atom stereocenters. The molecule has 0 saturated carbocycles. The van der Waals surface area contributed by atoms with E-state index in [4.69, 9.17) is 4.74 Å². The number of anilines is 1. The van der Waals surface area contributed by atoms with Crippen LogP contribution in [0.3, 0.4) is 0 Å². The molecule has 1 aliphatic heterocycles. The van der Waals surface area contributed by atoms with E-state index in [2.05, 4.69) is 86.6 Å². The normalized spacial score (nSPS) is 14.8. The average molecular weight is 672 g/mol. The number of rotatable bonds is 6. The number of aryl methyl sites for hydroxylation is 3. The Bertz CT molecular complexity index is 1200. The van der Waals surface area contributed by atoms with Gasteiger partial charge in [0.15, 0.2) is 0 Å². The van der Waals surface area contributed by atoms with E-state index >= 15 is 0 Å². The Hall–Kier alpha value is -1.04. The third-order valence-electron chi connectivity index (χ3n) is 5.94. The Morgan fingerprint density at radius 1 is 1.09 bits per heavy atom. The zero-order chi connectivity index (χ0) is 22.1. The van der Waals surface area contributed by atoms with E-state index in [1.54, 1.807) is 7.11 Å². The second-order valence-electron chi connectivity index (χ2n) is 7.82. The van der Waals surface area contributed by atoms with Gasteiger partial charge in [-0.3, -0.25) is 0 Å². The fraction of sp³-hybridized carbons (Fsp3) is 0.346. The topological polar surface area (TPSA) is 16.4 Å². The van der Waals surface area contributed by atoms with Crippen LogP contribution in [-0.4, -0.2) is 43.1 Å². The van der Waals surface area contributed by atoms with Crippen LogP contribution in [0.2, 0.25) is 0 Å². The largest absolute Gasteiger partial charge is 1.00 e. The molecule has 32 heavy (non-hydrogen) atoms. The number of halogens is 1. The zero-order valence-electron chi connectivity index (χ0n) is 19.7. The number of hydrogen-bond acceptors (Lipinski definition) is 2. The Morgan fingerprint density at radius 3 is 2.50 bits per heavy atom. The van der Waals surface area contributed by atoms with Gasteiger partial charge in [-0.05, 0) is 0 Å². The van der Waals surface area contributed by atoms with Crippen molar-refractivity contribution >= 4 is 55.5 Å². The predicted molar refractivity (Wildman–Crippen MR) is 134 cm³/mol. The van der Waals surface area contributed by atoms with Crippen molar-refractivity contribution in [2.24, 2.45) is 0 Å². The first-order valence-electron chi connectivity index (χ1n) is 11.0. The van der Waals surface area contributed by atoms with Crippen molar-refractivity contribution in [2.75, 3.05) is 18.6 Å². The van der Waals surface area contributed by atoms with E-state index in [0.29, 0.717) is 29.5 Å². The minimum absolute atomic E-state index is 0. The smallest absolute Gasteiger partial charge is 1.00 e. The molecule has 0 radical (unpaired) electrons. The molecule has 3 aromatic rings. The van der Waals surface area contributed by atoms with Crippen molar-refractivity contribution in [2.45, 2.75) is 47.6 Å². The second-order valence-corrected chi connectivity index (χ2v) is 12.3. The van der Waals surface area contributed by atoms with Crippen LogP contribution in [0, 0.1) is 13.8 Å². The molecule has 0 fully saturated rings. The maximum absolute atomic E-state index is 5.47. The fourth-order valence-electron chi connectivity index (χ4n) is 3.99. The van der Waals surface area contributed by atoms with E-state index in [0.717, 1.165) is 25.3 Å². The van der Waals surface area contributed by atoms with E-state index in [9.17, 15) is 0 Å². The number of benzene rings is 2. The van der Waals surface area contributed by atoms with Crippen molar-refractivity contribution in [1.29, 1.82) is 0 Å². The van der Waals surface area contributed by atoms with Gasteiger partial charge in [0.1, 0.15) is 0 Å². The Labute approximate surface area is 221 Å². The van der Waals surface area contributed by atoms with Crippen molar-refractivity contribution < 1.29 is 33.3 Å². The molecule has 2 heterocycles. The molecule has 3 nitrogen and oxygen atoms in total. The van der Waals surface area contributed by atoms with Crippen LogP contribution in [0.15, 0.2) is 46.6 Å². The van der Waals surface area contributed by atoms with Gasteiger partial charge >= 0.3 is 199 Å². The summed E-state index contributed by atoms with van der Waals surface area (Å²) in [7, 11) is 1.74. The van der Waals surface area contributed by atoms with Crippen molar-refractivity contribution in [3.8, 4) is 5.75 Å². The summed E-state index contributed by atoms with van der Waals surface area (Å²) in [5.41, 5.74) is 6.94. The number of fused-ring (bicyclic) bond motifs is 2. The molecule has 4 rings (SSSR count). The minimum atomic E-state index is 0. The van der Waals surface area contributed by atoms with Gasteiger partial charge in [-0.25, -0.2) is 0 Å². The molecule has 0 spiro atoms. The maximum atomic E-state index is 5.47. The summed E-state index contributed by atoms with van der Waals surface area (Å²) in [5, 5.41) is 0. The van der Waals surface area contributed by atoms with Gasteiger partial charge in [-0.1, -0.05) is 0 Å². The van der Waals surface area contributed by atoms with E-state index in [1.807, 2.05) is 0 Å². The Morgan fingerprint density at radius 2 is 1.84 bits per heavy atom. The van der Waals surface area contributed by atoms with Crippen LogP contribution in [0.4, 0.5) is 5.69 Å². The van der Waals surface area contributed by atoms with Gasteiger partial charge in [0.2, 0.25) is 0 Å².